The number of benzene rings is 1. The molecule has 148 valence electrons. The van der Waals surface area contributed by atoms with Crippen molar-refractivity contribution in [1.82, 2.24) is 10.2 Å². The highest BCUT2D eigenvalue weighted by molar-refractivity contribution is 5.95. The summed E-state index contributed by atoms with van der Waals surface area (Å²) < 4.78 is 10.4. The molecule has 2 saturated heterocycles. The van der Waals surface area contributed by atoms with Crippen LogP contribution in [-0.2, 0) is 4.74 Å². The van der Waals surface area contributed by atoms with Gasteiger partial charge in [0, 0.05) is 43.5 Å². The molecule has 0 bridgehead atoms. The fraction of sp³-hybridized carbons (Fsp3) is 0.429. The highest BCUT2D eigenvalue weighted by Crippen LogP contribution is 2.18. The predicted octanol–water partition coefficient (Wildman–Crippen LogP) is 2.15. The number of carbonyl (C=O) groups is 2. The molecule has 0 unspecified atom stereocenters. The van der Waals surface area contributed by atoms with E-state index >= 15 is 0 Å². The van der Waals surface area contributed by atoms with Crippen molar-refractivity contribution in [2.75, 3.05) is 44.3 Å². The SMILES string of the molecule is O=C(NC1CCN(C(=O)c2ccoc2)CC1)c1ccc(N2CCOCC2)cc1. The van der Waals surface area contributed by atoms with E-state index in [-0.39, 0.29) is 17.9 Å². The lowest BCUT2D eigenvalue weighted by atomic mass is 10.0. The Morgan fingerprint density at radius 3 is 2.29 bits per heavy atom. The summed E-state index contributed by atoms with van der Waals surface area (Å²) in [4.78, 5) is 29.0. The summed E-state index contributed by atoms with van der Waals surface area (Å²) in [5, 5.41) is 3.10. The lowest BCUT2D eigenvalue weighted by Crippen LogP contribution is -2.46. The highest BCUT2D eigenvalue weighted by atomic mass is 16.5. The number of nitrogens with one attached hydrogen (secondary N) is 1. The van der Waals surface area contributed by atoms with Crippen molar-refractivity contribution >= 4 is 17.5 Å². The summed E-state index contributed by atoms with van der Waals surface area (Å²) in [5.74, 6) is -0.0784. The van der Waals surface area contributed by atoms with Crippen molar-refractivity contribution in [3.05, 3.63) is 54.0 Å². The van der Waals surface area contributed by atoms with Crippen LogP contribution in [0.4, 0.5) is 5.69 Å². The molecule has 1 aromatic carbocycles. The van der Waals surface area contributed by atoms with E-state index in [4.69, 9.17) is 9.15 Å². The minimum Gasteiger partial charge on any atom is -0.472 e. The van der Waals surface area contributed by atoms with E-state index in [1.54, 1.807) is 6.07 Å². The molecular weight excluding hydrogens is 358 g/mol. The number of ether oxygens (including phenoxy) is 1. The van der Waals surface area contributed by atoms with Crippen LogP contribution in [-0.4, -0.2) is 62.1 Å². The number of furan rings is 1. The number of nitrogens with zero attached hydrogens (tertiary/aromatic N) is 2. The number of hydrogen-bond acceptors (Lipinski definition) is 5. The molecule has 7 nitrogen and oxygen atoms in total. The molecule has 2 aliphatic heterocycles. The molecule has 0 atom stereocenters. The summed E-state index contributed by atoms with van der Waals surface area (Å²) in [6, 6.07) is 9.49. The quantitative estimate of drug-likeness (QED) is 0.876. The molecule has 7 heteroatoms. The topological polar surface area (TPSA) is 75.0 Å². The van der Waals surface area contributed by atoms with Gasteiger partial charge >= 0.3 is 0 Å². The minimum atomic E-state index is -0.0619. The summed E-state index contributed by atoms with van der Waals surface area (Å²) in [5.41, 5.74) is 2.35. The molecule has 0 radical (unpaired) electrons. The van der Waals surface area contributed by atoms with E-state index < -0.39 is 0 Å². The second-order valence-electron chi connectivity index (χ2n) is 7.20. The van der Waals surface area contributed by atoms with Crippen molar-refractivity contribution in [2.45, 2.75) is 18.9 Å². The van der Waals surface area contributed by atoms with Gasteiger partial charge in [0.15, 0.2) is 0 Å². The van der Waals surface area contributed by atoms with Gasteiger partial charge in [-0.3, -0.25) is 9.59 Å². The van der Waals surface area contributed by atoms with Crippen LogP contribution in [0.25, 0.3) is 0 Å². The molecule has 2 amide bonds. The molecule has 4 rings (SSSR count). The van der Waals surface area contributed by atoms with Gasteiger partial charge in [-0.15, -0.1) is 0 Å². The van der Waals surface area contributed by atoms with E-state index in [0.717, 1.165) is 44.8 Å². The van der Waals surface area contributed by atoms with Gasteiger partial charge in [0.05, 0.1) is 25.0 Å². The number of rotatable bonds is 4. The fourth-order valence-corrected chi connectivity index (χ4v) is 3.71. The normalized spacial score (nSPS) is 18.1. The molecule has 3 heterocycles. The molecule has 0 saturated carbocycles. The van der Waals surface area contributed by atoms with E-state index in [2.05, 4.69) is 10.2 Å². The van der Waals surface area contributed by atoms with Gasteiger partial charge in [-0.05, 0) is 43.2 Å². The Hall–Kier alpha value is -2.80. The Balaban J connectivity index is 1.28. The minimum absolute atomic E-state index is 0.0165. The molecule has 2 fully saturated rings. The van der Waals surface area contributed by atoms with Crippen LogP contribution in [0, 0.1) is 0 Å². The third kappa shape index (κ3) is 4.20. The van der Waals surface area contributed by atoms with Gasteiger partial charge in [-0.2, -0.15) is 0 Å². The number of likely N-dealkylation sites (tertiary alicyclic amines) is 1. The van der Waals surface area contributed by atoms with Crippen molar-refractivity contribution in [3.63, 3.8) is 0 Å². The number of piperidine rings is 1. The highest BCUT2D eigenvalue weighted by Gasteiger charge is 2.25. The Morgan fingerprint density at radius 1 is 0.929 bits per heavy atom. The predicted molar refractivity (Wildman–Crippen MR) is 105 cm³/mol. The smallest absolute Gasteiger partial charge is 0.257 e. The van der Waals surface area contributed by atoms with Crippen LogP contribution in [0.2, 0.25) is 0 Å². The maximum Gasteiger partial charge on any atom is 0.257 e. The van der Waals surface area contributed by atoms with Gasteiger partial charge in [0.1, 0.15) is 6.26 Å². The summed E-state index contributed by atoms with van der Waals surface area (Å²) >= 11 is 0. The molecule has 0 spiro atoms. The van der Waals surface area contributed by atoms with Crippen LogP contribution >= 0.6 is 0 Å². The maximum absolute atomic E-state index is 12.6. The van der Waals surface area contributed by atoms with Crippen LogP contribution < -0.4 is 10.2 Å². The van der Waals surface area contributed by atoms with Gasteiger partial charge < -0.3 is 24.3 Å². The molecule has 2 aliphatic rings. The average molecular weight is 383 g/mol. The lowest BCUT2D eigenvalue weighted by Gasteiger charge is -2.32. The Bertz CT molecular complexity index is 790. The number of morpholine rings is 1. The van der Waals surface area contributed by atoms with Crippen LogP contribution in [0.1, 0.15) is 33.6 Å². The summed E-state index contributed by atoms with van der Waals surface area (Å²) in [6.45, 7) is 4.49. The summed E-state index contributed by atoms with van der Waals surface area (Å²) in [7, 11) is 0. The fourth-order valence-electron chi connectivity index (χ4n) is 3.71. The van der Waals surface area contributed by atoms with Crippen molar-refractivity contribution in [2.24, 2.45) is 0 Å². The Kier molecular flexibility index (Phi) is 5.62. The first kappa shape index (κ1) is 18.6. The zero-order chi connectivity index (χ0) is 19.3. The third-order valence-corrected chi connectivity index (χ3v) is 5.39. The first-order chi connectivity index (χ1) is 13.7. The molecule has 0 aliphatic carbocycles. The Labute approximate surface area is 164 Å². The molecule has 1 aromatic heterocycles. The second kappa shape index (κ2) is 8.48. The van der Waals surface area contributed by atoms with Crippen molar-refractivity contribution in [3.8, 4) is 0 Å². The number of amides is 2. The van der Waals surface area contributed by atoms with Crippen LogP contribution in [0.5, 0.6) is 0 Å². The average Bonchev–Trinajstić information content (AvgIpc) is 3.29. The first-order valence-electron chi connectivity index (χ1n) is 9.76. The summed E-state index contributed by atoms with van der Waals surface area (Å²) in [6.07, 6.45) is 4.48. The van der Waals surface area contributed by atoms with Gasteiger partial charge in [0.2, 0.25) is 0 Å². The maximum atomic E-state index is 12.6. The standard InChI is InChI=1S/C21H25N3O4/c25-20(16-1-3-19(4-2-16)23-10-13-27-14-11-23)22-18-5-8-24(9-6-18)21(26)17-7-12-28-15-17/h1-4,7,12,15,18H,5-6,8-11,13-14H2,(H,22,25). The lowest BCUT2D eigenvalue weighted by molar-refractivity contribution is 0.0697. The molecule has 1 N–H and O–H groups in total. The second-order valence-corrected chi connectivity index (χ2v) is 7.20. The molecule has 28 heavy (non-hydrogen) atoms. The van der Waals surface area contributed by atoms with Crippen LogP contribution in [0.3, 0.4) is 0 Å². The van der Waals surface area contributed by atoms with E-state index in [1.165, 1.54) is 12.5 Å². The molecule has 2 aromatic rings. The van der Waals surface area contributed by atoms with Crippen LogP contribution in [0.15, 0.2) is 47.3 Å². The monoisotopic (exact) mass is 383 g/mol. The molecular formula is C21H25N3O4. The Morgan fingerprint density at radius 2 is 1.64 bits per heavy atom. The zero-order valence-electron chi connectivity index (χ0n) is 15.8. The zero-order valence-corrected chi connectivity index (χ0v) is 15.8. The largest absolute Gasteiger partial charge is 0.472 e. The van der Waals surface area contributed by atoms with Gasteiger partial charge in [-0.1, -0.05) is 0 Å². The first-order valence-corrected chi connectivity index (χ1v) is 9.76. The van der Waals surface area contributed by atoms with Gasteiger partial charge in [0.25, 0.3) is 11.8 Å². The van der Waals surface area contributed by atoms with Crippen molar-refractivity contribution in [1.29, 1.82) is 0 Å². The van der Waals surface area contributed by atoms with Gasteiger partial charge in [-0.25, -0.2) is 0 Å². The number of hydrogen-bond donors (Lipinski definition) is 1. The number of carbonyl (C=O) groups excluding carboxylic acids is 2. The van der Waals surface area contributed by atoms with E-state index in [1.807, 2.05) is 29.2 Å². The number of anilines is 1. The van der Waals surface area contributed by atoms with E-state index in [0.29, 0.717) is 24.2 Å². The third-order valence-electron chi connectivity index (χ3n) is 5.39. The van der Waals surface area contributed by atoms with E-state index in [9.17, 15) is 9.59 Å². The van der Waals surface area contributed by atoms with Crippen molar-refractivity contribution < 1.29 is 18.7 Å².